The number of ketones is 1. The van der Waals surface area contributed by atoms with E-state index in [4.69, 9.17) is 4.74 Å². The molecule has 4 atom stereocenters. The van der Waals surface area contributed by atoms with Crippen LogP contribution in [0.25, 0.3) is 10.9 Å². The third kappa shape index (κ3) is 2.49. The molecule has 4 heterocycles. The van der Waals surface area contributed by atoms with Crippen molar-refractivity contribution >= 4 is 16.7 Å². The van der Waals surface area contributed by atoms with Gasteiger partial charge in [0.2, 0.25) is 0 Å². The van der Waals surface area contributed by atoms with Crippen molar-refractivity contribution in [2.45, 2.75) is 32.2 Å². The van der Waals surface area contributed by atoms with Gasteiger partial charge in [-0.25, -0.2) is 0 Å². The lowest BCUT2D eigenvalue weighted by Gasteiger charge is -2.49. The number of fused-ring (bicyclic) bond motifs is 4. The van der Waals surface area contributed by atoms with Gasteiger partial charge in [-0.2, -0.15) is 0 Å². The number of ether oxygens (including phenoxy) is 1. The maximum Gasteiger partial charge on any atom is 0.180 e. The van der Waals surface area contributed by atoms with Crippen molar-refractivity contribution in [3.63, 3.8) is 0 Å². The van der Waals surface area contributed by atoms with Crippen LogP contribution < -0.4 is 4.74 Å². The number of Topliss-reactive ketones (excluding diaryl/α,β-unsaturated/α-hetero) is 1. The highest BCUT2D eigenvalue weighted by Crippen LogP contribution is 2.39. The SMILES string of the molecule is CCC1CN2CCC1CC2C(=O)c1ccnc2ccc(OC)cc12. The summed E-state index contributed by atoms with van der Waals surface area (Å²) in [6.07, 6.45) is 5.21. The molecule has 0 radical (unpaired) electrons. The molecule has 126 valence electrons. The fraction of sp³-hybridized carbons (Fsp3) is 0.500. The Kier molecular flexibility index (Phi) is 4.01. The Labute approximate surface area is 142 Å². The normalized spacial score (nSPS) is 28.9. The smallest absolute Gasteiger partial charge is 0.180 e. The first kappa shape index (κ1) is 15.6. The monoisotopic (exact) mass is 324 g/mol. The Morgan fingerprint density at radius 3 is 2.96 bits per heavy atom. The van der Waals surface area contributed by atoms with Crippen LogP contribution in [0.15, 0.2) is 30.5 Å². The molecule has 0 amide bonds. The van der Waals surface area contributed by atoms with Gasteiger partial charge < -0.3 is 4.74 Å². The molecule has 3 saturated heterocycles. The van der Waals surface area contributed by atoms with Crippen molar-refractivity contribution in [3.8, 4) is 5.75 Å². The van der Waals surface area contributed by atoms with Crippen molar-refractivity contribution in [2.75, 3.05) is 20.2 Å². The number of hydrogen-bond donors (Lipinski definition) is 0. The second-order valence-electron chi connectivity index (χ2n) is 7.07. The molecular weight excluding hydrogens is 300 g/mol. The summed E-state index contributed by atoms with van der Waals surface area (Å²) in [6.45, 7) is 4.40. The molecule has 3 aliphatic rings. The molecule has 0 spiro atoms. The third-order valence-corrected chi connectivity index (χ3v) is 5.93. The number of carbonyl (C=O) groups is 1. The molecule has 3 fully saturated rings. The molecule has 4 nitrogen and oxygen atoms in total. The summed E-state index contributed by atoms with van der Waals surface area (Å²) in [5, 5.41) is 0.900. The van der Waals surface area contributed by atoms with Crippen LogP contribution in [-0.4, -0.2) is 41.9 Å². The second kappa shape index (κ2) is 6.17. The predicted molar refractivity (Wildman–Crippen MR) is 94.5 cm³/mol. The minimum atomic E-state index is 0.0309. The molecular formula is C20H24N2O2. The van der Waals surface area contributed by atoms with E-state index in [1.165, 1.54) is 12.8 Å². The van der Waals surface area contributed by atoms with Gasteiger partial charge in [0.25, 0.3) is 0 Å². The summed E-state index contributed by atoms with van der Waals surface area (Å²) in [5.74, 6) is 2.48. The van der Waals surface area contributed by atoms with E-state index in [9.17, 15) is 4.79 Å². The highest BCUT2D eigenvalue weighted by molar-refractivity contribution is 6.10. The molecule has 0 aliphatic carbocycles. The average molecular weight is 324 g/mol. The van der Waals surface area contributed by atoms with Gasteiger partial charge >= 0.3 is 0 Å². The summed E-state index contributed by atoms with van der Waals surface area (Å²) in [7, 11) is 1.65. The minimum absolute atomic E-state index is 0.0309. The lowest BCUT2D eigenvalue weighted by Crippen LogP contribution is -2.56. The van der Waals surface area contributed by atoms with Gasteiger partial charge in [0, 0.05) is 23.7 Å². The average Bonchev–Trinajstić information content (AvgIpc) is 2.66. The molecule has 4 unspecified atom stereocenters. The van der Waals surface area contributed by atoms with Crippen molar-refractivity contribution in [1.82, 2.24) is 9.88 Å². The molecule has 1 aromatic heterocycles. The van der Waals surface area contributed by atoms with Gasteiger partial charge in [-0.3, -0.25) is 14.7 Å². The second-order valence-corrected chi connectivity index (χ2v) is 7.07. The zero-order valence-corrected chi connectivity index (χ0v) is 14.4. The maximum atomic E-state index is 13.3. The van der Waals surface area contributed by atoms with E-state index >= 15 is 0 Å². The number of nitrogens with zero attached hydrogens (tertiary/aromatic N) is 2. The lowest BCUT2D eigenvalue weighted by atomic mass is 9.73. The predicted octanol–water partition coefficient (Wildman–Crippen LogP) is 3.55. The van der Waals surface area contributed by atoms with Crippen LogP contribution in [0.2, 0.25) is 0 Å². The summed E-state index contributed by atoms with van der Waals surface area (Å²) in [4.78, 5) is 20.1. The van der Waals surface area contributed by atoms with Crippen LogP contribution in [0.4, 0.5) is 0 Å². The molecule has 24 heavy (non-hydrogen) atoms. The van der Waals surface area contributed by atoms with Crippen LogP contribution in [0.3, 0.4) is 0 Å². The van der Waals surface area contributed by atoms with E-state index in [-0.39, 0.29) is 11.8 Å². The molecule has 2 aromatic rings. The van der Waals surface area contributed by atoms with Gasteiger partial charge in [0.1, 0.15) is 5.75 Å². The zero-order chi connectivity index (χ0) is 16.7. The van der Waals surface area contributed by atoms with Gasteiger partial charge in [-0.05, 0) is 55.5 Å². The van der Waals surface area contributed by atoms with Crippen LogP contribution in [-0.2, 0) is 0 Å². The van der Waals surface area contributed by atoms with Crippen molar-refractivity contribution in [3.05, 3.63) is 36.0 Å². The number of piperidine rings is 3. The number of methoxy groups -OCH3 is 1. The van der Waals surface area contributed by atoms with Gasteiger partial charge in [-0.1, -0.05) is 13.3 Å². The lowest BCUT2D eigenvalue weighted by molar-refractivity contribution is 0.00515. The number of benzene rings is 1. The largest absolute Gasteiger partial charge is 0.497 e. The highest BCUT2D eigenvalue weighted by atomic mass is 16.5. The Bertz CT molecular complexity index is 773. The molecule has 3 aliphatic heterocycles. The number of rotatable bonds is 4. The summed E-state index contributed by atoms with van der Waals surface area (Å²) >= 11 is 0. The van der Waals surface area contributed by atoms with Crippen molar-refractivity contribution in [2.24, 2.45) is 11.8 Å². The molecule has 4 heteroatoms. The first-order valence-electron chi connectivity index (χ1n) is 8.92. The Morgan fingerprint density at radius 1 is 1.38 bits per heavy atom. The zero-order valence-electron chi connectivity index (χ0n) is 14.4. The molecule has 2 bridgehead atoms. The number of pyridine rings is 1. The fourth-order valence-corrected chi connectivity index (χ4v) is 4.52. The minimum Gasteiger partial charge on any atom is -0.497 e. The Balaban J connectivity index is 1.69. The van der Waals surface area contributed by atoms with Gasteiger partial charge in [0.15, 0.2) is 5.78 Å². The van der Waals surface area contributed by atoms with Crippen molar-refractivity contribution < 1.29 is 9.53 Å². The molecule has 5 rings (SSSR count). The van der Waals surface area contributed by atoms with E-state index in [1.807, 2.05) is 24.3 Å². The first-order valence-corrected chi connectivity index (χ1v) is 8.92. The van der Waals surface area contributed by atoms with Gasteiger partial charge in [-0.15, -0.1) is 0 Å². The van der Waals surface area contributed by atoms with Crippen LogP contribution in [0, 0.1) is 11.8 Å². The van der Waals surface area contributed by atoms with Crippen molar-refractivity contribution in [1.29, 1.82) is 0 Å². The Morgan fingerprint density at radius 2 is 2.25 bits per heavy atom. The Hall–Kier alpha value is -1.94. The van der Waals surface area contributed by atoms with E-state index in [1.54, 1.807) is 13.3 Å². The van der Waals surface area contributed by atoms with Crippen LogP contribution >= 0.6 is 0 Å². The topological polar surface area (TPSA) is 42.4 Å². The molecule has 0 N–H and O–H groups in total. The van der Waals surface area contributed by atoms with Gasteiger partial charge in [0.05, 0.1) is 18.7 Å². The van der Waals surface area contributed by atoms with E-state index in [0.717, 1.165) is 47.6 Å². The van der Waals surface area contributed by atoms with Crippen LogP contribution in [0.5, 0.6) is 5.75 Å². The van der Waals surface area contributed by atoms with Crippen LogP contribution in [0.1, 0.15) is 36.5 Å². The summed E-state index contributed by atoms with van der Waals surface area (Å²) in [5.41, 5.74) is 1.63. The molecule has 0 saturated carbocycles. The van der Waals surface area contributed by atoms with E-state index in [0.29, 0.717) is 5.92 Å². The summed E-state index contributed by atoms with van der Waals surface area (Å²) < 4.78 is 5.33. The summed E-state index contributed by atoms with van der Waals surface area (Å²) in [6, 6.07) is 7.64. The first-order chi connectivity index (χ1) is 11.7. The van der Waals surface area contributed by atoms with E-state index < -0.39 is 0 Å². The molecule has 1 aromatic carbocycles. The quantitative estimate of drug-likeness (QED) is 0.807. The number of carbonyl (C=O) groups excluding carboxylic acids is 1. The standard InChI is InChI=1S/C20H24N2O2/c1-3-13-12-22-9-7-14(13)10-19(22)20(23)16-6-8-21-18-5-4-15(24-2)11-17(16)18/h4-6,8,11,13-14,19H,3,7,9-10,12H2,1-2H3. The number of hydrogen-bond acceptors (Lipinski definition) is 4. The fourth-order valence-electron chi connectivity index (χ4n) is 4.52. The highest BCUT2D eigenvalue weighted by Gasteiger charge is 2.42. The number of aromatic nitrogens is 1. The van der Waals surface area contributed by atoms with E-state index in [2.05, 4.69) is 16.8 Å². The maximum absolute atomic E-state index is 13.3. The third-order valence-electron chi connectivity index (χ3n) is 5.93.